The lowest BCUT2D eigenvalue weighted by Crippen LogP contribution is -2.47. The molecule has 18 heavy (non-hydrogen) atoms. The summed E-state index contributed by atoms with van der Waals surface area (Å²) in [5, 5.41) is 3.02. The van der Waals surface area contributed by atoms with Crippen LogP contribution in [0.15, 0.2) is 18.3 Å². The molecule has 2 rings (SSSR count). The van der Waals surface area contributed by atoms with Crippen LogP contribution in [0.25, 0.3) is 0 Å². The van der Waals surface area contributed by atoms with E-state index in [9.17, 15) is 4.79 Å². The van der Waals surface area contributed by atoms with E-state index in [1.165, 1.54) is 0 Å². The van der Waals surface area contributed by atoms with Crippen molar-refractivity contribution in [3.8, 4) is 0 Å². The zero-order valence-corrected chi connectivity index (χ0v) is 10.9. The van der Waals surface area contributed by atoms with Crippen LogP contribution in [0.2, 0.25) is 0 Å². The second-order valence-corrected chi connectivity index (χ2v) is 4.72. The third kappa shape index (κ3) is 3.12. The highest BCUT2D eigenvalue weighted by Crippen LogP contribution is 2.17. The van der Waals surface area contributed by atoms with Gasteiger partial charge in [-0.15, -0.1) is 0 Å². The molecule has 1 fully saturated rings. The summed E-state index contributed by atoms with van der Waals surface area (Å²) in [6.07, 6.45) is 3.61. The Morgan fingerprint density at radius 2 is 2.22 bits per heavy atom. The molecular weight excluding hydrogens is 228 g/mol. The summed E-state index contributed by atoms with van der Waals surface area (Å²) in [6.45, 7) is 1.85. The number of piperidine rings is 1. The highest BCUT2D eigenvalue weighted by atomic mass is 16.2. The summed E-state index contributed by atoms with van der Waals surface area (Å²) in [4.78, 5) is 19.7. The normalized spacial score (nSPS) is 16.4. The lowest BCUT2D eigenvalue weighted by Gasteiger charge is -2.33. The van der Waals surface area contributed by atoms with Crippen molar-refractivity contribution in [2.45, 2.75) is 18.9 Å². The van der Waals surface area contributed by atoms with E-state index in [2.05, 4.69) is 21.3 Å². The van der Waals surface area contributed by atoms with Crippen molar-refractivity contribution in [2.24, 2.45) is 0 Å². The van der Waals surface area contributed by atoms with Crippen LogP contribution in [0, 0.1) is 6.07 Å². The van der Waals surface area contributed by atoms with E-state index in [0.29, 0.717) is 0 Å². The SMILES string of the molecule is CN(C)C(=O)NC1CCN(c2cc[c]cn2)CC1. The van der Waals surface area contributed by atoms with Gasteiger partial charge in [0.05, 0.1) is 0 Å². The lowest BCUT2D eigenvalue weighted by molar-refractivity contribution is 0.210. The first-order valence-corrected chi connectivity index (χ1v) is 6.21. The molecule has 0 bridgehead atoms. The fraction of sp³-hybridized carbons (Fsp3) is 0.538. The molecular formula is C13H19N4O. The second kappa shape index (κ2) is 5.71. The number of nitrogens with zero attached hydrogens (tertiary/aromatic N) is 3. The highest BCUT2D eigenvalue weighted by Gasteiger charge is 2.21. The molecule has 1 aromatic heterocycles. The number of rotatable bonds is 2. The largest absolute Gasteiger partial charge is 0.356 e. The van der Waals surface area contributed by atoms with Gasteiger partial charge in [0.25, 0.3) is 0 Å². The predicted molar refractivity (Wildman–Crippen MR) is 70.5 cm³/mol. The molecule has 2 heterocycles. The Morgan fingerprint density at radius 3 is 2.78 bits per heavy atom. The molecule has 2 amide bonds. The topological polar surface area (TPSA) is 48.5 Å². The van der Waals surface area contributed by atoms with Gasteiger partial charge in [-0.2, -0.15) is 0 Å². The van der Waals surface area contributed by atoms with Gasteiger partial charge in [0.15, 0.2) is 0 Å². The van der Waals surface area contributed by atoms with Crippen LogP contribution in [-0.4, -0.2) is 49.1 Å². The molecule has 0 unspecified atom stereocenters. The summed E-state index contributed by atoms with van der Waals surface area (Å²) >= 11 is 0. The minimum Gasteiger partial charge on any atom is -0.356 e. The van der Waals surface area contributed by atoms with Crippen LogP contribution in [0.3, 0.4) is 0 Å². The Kier molecular flexibility index (Phi) is 4.02. The first-order chi connectivity index (χ1) is 8.66. The molecule has 97 valence electrons. The quantitative estimate of drug-likeness (QED) is 0.852. The summed E-state index contributed by atoms with van der Waals surface area (Å²) in [5.74, 6) is 0.992. The molecule has 1 N–H and O–H groups in total. The fourth-order valence-corrected chi connectivity index (χ4v) is 2.06. The molecule has 1 aliphatic heterocycles. The van der Waals surface area contributed by atoms with Gasteiger partial charge in [-0.25, -0.2) is 9.78 Å². The van der Waals surface area contributed by atoms with Crippen molar-refractivity contribution < 1.29 is 4.79 Å². The molecule has 5 nitrogen and oxygen atoms in total. The van der Waals surface area contributed by atoms with Gasteiger partial charge >= 0.3 is 6.03 Å². The number of nitrogens with one attached hydrogen (secondary N) is 1. The number of hydrogen-bond donors (Lipinski definition) is 1. The molecule has 0 atom stereocenters. The lowest BCUT2D eigenvalue weighted by atomic mass is 10.1. The number of carbonyl (C=O) groups is 1. The van der Waals surface area contributed by atoms with Crippen molar-refractivity contribution in [2.75, 3.05) is 32.1 Å². The number of anilines is 1. The van der Waals surface area contributed by atoms with Gasteiger partial charge in [-0.1, -0.05) is 0 Å². The maximum Gasteiger partial charge on any atom is 0.317 e. The van der Waals surface area contributed by atoms with Gasteiger partial charge in [0.1, 0.15) is 5.82 Å². The Hall–Kier alpha value is -1.78. The summed E-state index contributed by atoms with van der Waals surface area (Å²) in [5.41, 5.74) is 0. The van der Waals surface area contributed by atoms with Gasteiger partial charge < -0.3 is 15.1 Å². The average Bonchev–Trinajstić information content (AvgIpc) is 2.40. The standard InChI is InChI=1S/C13H19N4O/c1-16(2)13(18)15-11-6-9-17(10-7-11)12-5-3-4-8-14-12/h3,5,8,11H,6-7,9-10H2,1-2H3,(H,15,18). The number of pyridine rings is 1. The zero-order valence-electron chi connectivity index (χ0n) is 10.9. The first kappa shape index (κ1) is 12.7. The maximum atomic E-state index is 11.5. The Labute approximate surface area is 108 Å². The summed E-state index contributed by atoms with van der Waals surface area (Å²) < 4.78 is 0. The van der Waals surface area contributed by atoms with Crippen LogP contribution < -0.4 is 10.2 Å². The summed E-state index contributed by atoms with van der Waals surface area (Å²) in [6, 6.07) is 7.02. The van der Waals surface area contributed by atoms with Crippen molar-refractivity contribution in [1.29, 1.82) is 0 Å². The molecule has 1 aromatic rings. The Bertz CT molecular complexity index is 385. The predicted octanol–water partition coefficient (Wildman–Crippen LogP) is 1.12. The minimum atomic E-state index is -0.0131. The van der Waals surface area contributed by atoms with Crippen molar-refractivity contribution in [1.82, 2.24) is 15.2 Å². The molecule has 0 spiro atoms. The molecule has 5 heteroatoms. The van der Waals surface area contributed by atoms with E-state index in [0.717, 1.165) is 31.7 Å². The number of amides is 2. The minimum absolute atomic E-state index is 0.0131. The molecule has 1 saturated heterocycles. The van der Waals surface area contributed by atoms with E-state index < -0.39 is 0 Å². The van der Waals surface area contributed by atoms with E-state index in [1.54, 1.807) is 25.2 Å². The van der Waals surface area contributed by atoms with Gasteiger partial charge in [-0.3, -0.25) is 0 Å². The molecule has 0 aromatic carbocycles. The van der Waals surface area contributed by atoms with Crippen LogP contribution in [-0.2, 0) is 0 Å². The molecule has 0 saturated carbocycles. The summed E-state index contributed by atoms with van der Waals surface area (Å²) in [7, 11) is 3.52. The van der Waals surface area contributed by atoms with Gasteiger partial charge in [-0.05, 0) is 25.0 Å². The van der Waals surface area contributed by atoms with Crippen LogP contribution in [0.5, 0.6) is 0 Å². The average molecular weight is 247 g/mol. The number of hydrogen-bond acceptors (Lipinski definition) is 3. The third-order valence-electron chi connectivity index (χ3n) is 3.15. The van der Waals surface area contributed by atoms with Crippen molar-refractivity contribution in [3.05, 3.63) is 24.4 Å². The molecule has 0 aliphatic carbocycles. The molecule has 1 aliphatic rings. The van der Waals surface area contributed by atoms with E-state index in [-0.39, 0.29) is 12.1 Å². The zero-order chi connectivity index (χ0) is 13.0. The van der Waals surface area contributed by atoms with E-state index in [4.69, 9.17) is 0 Å². The van der Waals surface area contributed by atoms with Crippen LogP contribution in [0.4, 0.5) is 10.6 Å². The van der Waals surface area contributed by atoms with Crippen molar-refractivity contribution in [3.63, 3.8) is 0 Å². The number of urea groups is 1. The van der Waals surface area contributed by atoms with Crippen LogP contribution in [0.1, 0.15) is 12.8 Å². The van der Waals surface area contributed by atoms with Gasteiger partial charge in [0.2, 0.25) is 0 Å². The van der Waals surface area contributed by atoms with Crippen LogP contribution >= 0.6 is 0 Å². The highest BCUT2D eigenvalue weighted by molar-refractivity contribution is 5.73. The maximum absolute atomic E-state index is 11.5. The first-order valence-electron chi connectivity index (χ1n) is 6.21. The fourth-order valence-electron chi connectivity index (χ4n) is 2.06. The van der Waals surface area contributed by atoms with Gasteiger partial charge in [0, 0.05) is 45.5 Å². The third-order valence-corrected chi connectivity index (χ3v) is 3.15. The van der Waals surface area contributed by atoms with Crippen molar-refractivity contribution >= 4 is 11.8 Å². The number of carbonyl (C=O) groups excluding carboxylic acids is 1. The van der Waals surface area contributed by atoms with E-state index >= 15 is 0 Å². The van der Waals surface area contributed by atoms with E-state index in [1.807, 2.05) is 12.1 Å². The molecule has 1 radical (unpaired) electrons. The Balaban J connectivity index is 1.83. The Morgan fingerprint density at radius 1 is 1.50 bits per heavy atom. The monoisotopic (exact) mass is 247 g/mol. The smallest absolute Gasteiger partial charge is 0.317 e. The second-order valence-electron chi connectivity index (χ2n) is 4.72. The number of aromatic nitrogens is 1.